The van der Waals surface area contributed by atoms with E-state index in [4.69, 9.17) is 5.73 Å². The van der Waals surface area contributed by atoms with Crippen molar-refractivity contribution < 1.29 is 5.11 Å². The van der Waals surface area contributed by atoms with Crippen LogP contribution in [-0.2, 0) is 0 Å². The smallest absolute Gasteiger partial charge is 0.0565 e. The summed E-state index contributed by atoms with van der Waals surface area (Å²) in [5.74, 6) is 1.57. The van der Waals surface area contributed by atoms with Gasteiger partial charge >= 0.3 is 0 Å². The highest BCUT2D eigenvalue weighted by atomic mass is 32.2. The van der Waals surface area contributed by atoms with Gasteiger partial charge in [0.25, 0.3) is 0 Å². The molecule has 0 bridgehead atoms. The van der Waals surface area contributed by atoms with E-state index in [1.54, 1.807) is 0 Å². The van der Waals surface area contributed by atoms with Crippen molar-refractivity contribution in [3.8, 4) is 0 Å². The Morgan fingerprint density at radius 1 is 1.29 bits per heavy atom. The van der Waals surface area contributed by atoms with Crippen LogP contribution >= 0.6 is 11.8 Å². The zero-order chi connectivity index (χ0) is 11.0. The Kier molecular flexibility index (Phi) is 8.73. The molecule has 0 saturated heterocycles. The van der Waals surface area contributed by atoms with E-state index in [1.165, 1.54) is 19.3 Å². The first-order valence-electron chi connectivity index (χ1n) is 5.61. The van der Waals surface area contributed by atoms with Crippen LogP contribution in [0.5, 0.6) is 0 Å². The van der Waals surface area contributed by atoms with E-state index in [-0.39, 0.29) is 17.9 Å². The molecule has 0 aliphatic rings. The van der Waals surface area contributed by atoms with Crippen molar-refractivity contribution in [3.63, 3.8) is 0 Å². The van der Waals surface area contributed by atoms with E-state index in [0.29, 0.717) is 5.92 Å². The van der Waals surface area contributed by atoms with Gasteiger partial charge in [0, 0.05) is 11.3 Å². The van der Waals surface area contributed by atoms with Crippen molar-refractivity contribution in [3.05, 3.63) is 0 Å². The van der Waals surface area contributed by atoms with Gasteiger partial charge in [-0.25, -0.2) is 0 Å². The number of hydrogen-bond donors (Lipinski definition) is 2. The molecule has 14 heavy (non-hydrogen) atoms. The highest BCUT2D eigenvalue weighted by Crippen LogP contribution is 2.19. The van der Waals surface area contributed by atoms with Gasteiger partial charge in [-0.05, 0) is 18.1 Å². The molecular weight excluding hydrogens is 194 g/mol. The summed E-state index contributed by atoms with van der Waals surface area (Å²) in [5.41, 5.74) is 6.01. The predicted molar refractivity (Wildman–Crippen MR) is 65.7 cm³/mol. The molecule has 2 unspecified atom stereocenters. The lowest BCUT2D eigenvalue weighted by Crippen LogP contribution is -2.39. The predicted octanol–water partition coefficient (Wildman–Crippen LogP) is 2.25. The van der Waals surface area contributed by atoms with Crippen molar-refractivity contribution in [1.29, 1.82) is 0 Å². The molecule has 0 aromatic rings. The number of aliphatic hydroxyl groups is 1. The van der Waals surface area contributed by atoms with Gasteiger partial charge in [-0.3, -0.25) is 0 Å². The topological polar surface area (TPSA) is 46.2 Å². The Morgan fingerprint density at radius 3 is 2.36 bits per heavy atom. The van der Waals surface area contributed by atoms with Gasteiger partial charge in [0.2, 0.25) is 0 Å². The van der Waals surface area contributed by atoms with E-state index in [0.717, 1.165) is 5.75 Å². The summed E-state index contributed by atoms with van der Waals surface area (Å²) in [4.78, 5) is 0. The van der Waals surface area contributed by atoms with Crippen LogP contribution in [0.15, 0.2) is 0 Å². The maximum absolute atomic E-state index is 9.20. The summed E-state index contributed by atoms with van der Waals surface area (Å²) in [6, 6.07) is 0.117. The van der Waals surface area contributed by atoms with Crippen molar-refractivity contribution in [2.45, 2.75) is 51.3 Å². The third kappa shape index (κ3) is 5.89. The molecule has 86 valence electrons. The summed E-state index contributed by atoms with van der Waals surface area (Å²) < 4.78 is 0. The molecule has 0 aromatic carbocycles. The van der Waals surface area contributed by atoms with Crippen LogP contribution in [0.1, 0.15) is 40.0 Å². The van der Waals surface area contributed by atoms with E-state index in [2.05, 4.69) is 20.8 Å². The third-order valence-electron chi connectivity index (χ3n) is 2.46. The minimum Gasteiger partial charge on any atom is -0.395 e. The van der Waals surface area contributed by atoms with E-state index < -0.39 is 0 Å². The normalized spacial score (nSPS) is 15.9. The second-order valence-electron chi connectivity index (χ2n) is 4.12. The average Bonchev–Trinajstić information content (AvgIpc) is 2.17. The van der Waals surface area contributed by atoms with Crippen molar-refractivity contribution in [2.75, 3.05) is 12.4 Å². The molecule has 0 aromatic heterocycles. The average molecular weight is 219 g/mol. The number of nitrogens with two attached hydrogens (primary N) is 1. The lowest BCUT2D eigenvalue weighted by atomic mass is 10.0. The van der Waals surface area contributed by atoms with Crippen LogP contribution in [0.4, 0.5) is 0 Å². The molecule has 0 heterocycles. The quantitative estimate of drug-likeness (QED) is 0.616. The summed E-state index contributed by atoms with van der Waals surface area (Å²) in [6.07, 6.45) is 3.77. The Bertz CT molecular complexity index is 130. The Balaban J connectivity index is 3.67. The molecule has 0 spiro atoms. The largest absolute Gasteiger partial charge is 0.395 e. The molecule has 3 heteroatoms. The third-order valence-corrected chi connectivity index (χ3v) is 3.87. The fraction of sp³-hybridized carbons (Fsp3) is 1.00. The van der Waals surface area contributed by atoms with E-state index in [9.17, 15) is 5.11 Å². The first-order valence-corrected chi connectivity index (χ1v) is 6.66. The Hall–Kier alpha value is 0.270. The van der Waals surface area contributed by atoms with Crippen LogP contribution in [0, 0.1) is 5.92 Å². The Morgan fingerprint density at radius 2 is 1.93 bits per heavy atom. The minimum atomic E-state index is 0.117. The van der Waals surface area contributed by atoms with Crippen molar-refractivity contribution in [2.24, 2.45) is 11.7 Å². The molecular formula is C11H25NOS. The zero-order valence-electron chi connectivity index (χ0n) is 9.70. The van der Waals surface area contributed by atoms with E-state index >= 15 is 0 Å². The molecule has 2 nitrogen and oxygen atoms in total. The second-order valence-corrected chi connectivity index (χ2v) is 5.47. The van der Waals surface area contributed by atoms with Gasteiger partial charge in [-0.1, -0.05) is 33.6 Å². The number of aliphatic hydroxyl groups excluding tert-OH is 1. The van der Waals surface area contributed by atoms with Crippen LogP contribution in [0.25, 0.3) is 0 Å². The lowest BCUT2D eigenvalue weighted by molar-refractivity contribution is 0.269. The number of unbranched alkanes of at least 4 members (excludes halogenated alkanes) is 2. The molecule has 0 radical (unpaired) electrons. The first kappa shape index (κ1) is 14.3. The first-order chi connectivity index (χ1) is 6.63. The van der Waals surface area contributed by atoms with Crippen LogP contribution in [0.2, 0.25) is 0 Å². The fourth-order valence-electron chi connectivity index (χ4n) is 1.30. The van der Waals surface area contributed by atoms with Gasteiger partial charge < -0.3 is 10.8 Å². The second kappa shape index (κ2) is 8.57. The Labute approximate surface area is 92.6 Å². The monoisotopic (exact) mass is 219 g/mol. The molecule has 3 N–H and O–H groups in total. The van der Waals surface area contributed by atoms with Crippen molar-refractivity contribution in [1.82, 2.24) is 0 Å². The van der Waals surface area contributed by atoms with Crippen molar-refractivity contribution >= 4 is 11.8 Å². The van der Waals surface area contributed by atoms with Gasteiger partial charge in [0.1, 0.15) is 0 Å². The molecule has 0 aliphatic heterocycles. The molecule has 0 fully saturated rings. The standard InChI is InChI=1S/C11H25NOS/c1-4-5-6-7-14-10(8-13)11(12)9(2)3/h9-11,13H,4-8,12H2,1-3H3. The van der Waals surface area contributed by atoms with Crippen LogP contribution in [0.3, 0.4) is 0 Å². The highest BCUT2D eigenvalue weighted by molar-refractivity contribution is 7.99. The number of rotatable bonds is 8. The summed E-state index contributed by atoms with van der Waals surface area (Å²) in [7, 11) is 0. The molecule has 0 rings (SSSR count). The van der Waals surface area contributed by atoms with Crippen LogP contribution < -0.4 is 5.73 Å². The number of hydrogen-bond acceptors (Lipinski definition) is 3. The van der Waals surface area contributed by atoms with Gasteiger partial charge in [-0.2, -0.15) is 11.8 Å². The molecule has 0 aliphatic carbocycles. The highest BCUT2D eigenvalue weighted by Gasteiger charge is 2.19. The van der Waals surface area contributed by atoms with Gasteiger partial charge in [0.05, 0.1) is 6.61 Å². The number of thioether (sulfide) groups is 1. The zero-order valence-corrected chi connectivity index (χ0v) is 10.5. The molecule has 0 amide bonds. The maximum Gasteiger partial charge on any atom is 0.0565 e. The summed E-state index contributed by atoms with van der Waals surface area (Å²) in [6.45, 7) is 6.63. The van der Waals surface area contributed by atoms with Gasteiger partial charge in [0.15, 0.2) is 0 Å². The SMILES string of the molecule is CCCCCSC(CO)C(N)C(C)C. The lowest BCUT2D eigenvalue weighted by Gasteiger charge is -2.24. The summed E-state index contributed by atoms with van der Waals surface area (Å²) in [5, 5.41) is 9.42. The van der Waals surface area contributed by atoms with Gasteiger partial charge in [-0.15, -0.1) is 0 Å². The fourth-order valence-corrected chi connectivity index (χ4v) is 2.62. The maximum atomic E-state index is 9.20. The minimum absolute atomic E-state index is 0.117. The van der Waals surface area contributed by atoms with Crippen LogP contribution in [-0.4, -0.2) is 28.8 Å². The molecule has 2 atom stereocenters. The summed E-state index contributed by atoms with van der Waals surface area (Å²) >= 11 is 1.82. The molecule has 0 saturated carbocycles. The van der Waals surface area contributed by atoms with E-state index in [1.807, 2.05) is 11.8 Å².